The Balaban J connectivity index is 0.000000148. The lowest BCUT2D eigenvalue weighted by molar-refractivity contribution is 0.0173. The molecule has 30 nitrogen and oxygen atoms in total. The number of ketones is 4. The second kappa shape index (κ2) is 37.5. The van der Waals surface area contributed by atoms with E-state index in [-0.39, 0.29) is 119 Å². The third-order valence-corrected chi connectivity index (χ3v) is 26.3. The van der Waals surface area contributed by atoms with Crippen molar-refractivity contribution in [2.45, 2.75) is 85.0 Å². The average Bonchev–Trinajstić information content (AvgIpc) is 1.27. The fourth-order valence-corrected chi connectivity index (χ4v) is 18.7. The second-order valence-corrected chi connectivity index (χ2v) is 39.3. The molecule has 0 spiro atoms. The van der Waals surface area contributed by atoms with E-state index < -0.39 is 91.0 Å². The summed E-state index contributed by atoms with van der Waals surface area (Å²) in [6.07, 6.45) is 17.4. The number of nitrogens with one attached hydrogen (secondary N) is 8. The van der Waals surface area contributed by atoms with E-state index in [2.05, 4.69) is 78.7 Å². The highest BCUT2D eigenvalue weighted by atomic mass is 35.5. The Morgan fingerprint density at radius 1 is 0.385 bits per heavy atom. The van der Waals surface area contributed by atoms with Crippen molar-refractivity contribution in [3.05, 3.63) is 329 Å². The predicted molar refractivity (Wildman–Crippen MR) is 487 cm³/mol. The van der Waals surface area contributed by atoms with Crippen LogP contribution in [0, 0.1) is 24.1 Å². The van der Waals surface area contributed by atoms with E-state index in [1.165, 1.54) is 155 Å². The maximum atomic E-state index is 13.9. The number of halogens is 9. The number of aryl methyl sites for hydroxylation is 1. The molecule has 0 aliphatic rings. The minimum Gasteiger partial charge on any atom is -0.386 e. The van der Waals surface area contributed by atoms with Crippen molar-refractivity contribution in [2.75, 3.05) is 18.9 Å². The van der Waals surface area contributed by atoms with Crippen LogP contribution in [0.5, 0.6) is 0 Å². The molecule has 0 unspecified atom stereocenters. The zero-order chi connectivity index (χ0) is 94.1. The van der Waals surface area contributed by atoms with Crippen molar-refractivity contribution >= 4 is 200 Å². The average molecular weight is 1960 g/mol. The van der Waals surface area contributed by atoms with Gasteiger partial charge in [-0.15, -0.1) is 0 Å². The Morgan fingerprint density at radius 2 is 0.662 bits per heavy atom. The monoisotopic (exact) mass is 1950 g/mol. The number of pyridine rings is 8. The number of aromatic amines is 4. The minimum absolute atomic E-state index is 0.00661. The molecule has 4 aromatic carbocycles. The van der Waals surface area contributed by atoms with Gasteiger partial charge in [-0.05, 0) is 177 Å². The van der Waals surface area contributed by atoms with Gasteiger partial charge in [0.15, 0.2) is 0 Å². The van der Waals surface area contributed by atoms with Crippen LogP contribution in [0.15, 0.2) is 240 Å². The molecule has 12 aromatic heterocycles. The summed E-state index contributed by atoms with van der Waals surface area (Å²) in [6, 6.07) is 34.5. The van der Waals surface area contributed by atoms with E-state index in [0.29, 0.717) is 72.8 Å². The molecule has 16 rings (SSSR count). The molecule has 0 amide bonds. The van der Waals surface area contributed by atoms with Crippen LogP contribution in [-0.4, -0.2) is 122 Å². The highest BCUT2D eigenvalue weighted by Crippen LogP contribution is 2.39. The lowest BCUT2D eigenvalue weighted by Gasteiger charge is -2.21. The van der Waals surface area contributed by atoms with Gasteiger partial charge in [0.05, 0.1) is 79.7 Å². The van der Waals surface area contributed by atoms with Gasteiger partial charge >= 0.3 is 0 Å². The molecular formula is C87H66Cl6F3N17O13S4. The number of H-pyrrole nitrogens is 4. The lowest BCUT2D eigenvalue weighted by atomic mass is 9.87. The number of carbonyl (C=O) groups is 4. The first kappa shape index (κ1) is 94.5. The Morgan fingerprint density at radius 3 is 0.946 bits per heavy atom. The van der Waals surface area contributed by atoms with Crippen LogP contribution in [0.3, 0.4) is 0 Å². The molecule has 12 heterocycles. The zero-order valence-electron chi connectivity index (χ0n) is 68.2. The Kier molecular flexibility index (Phi) is 27.3. The van der Waals surface area contributed by atoms with Crippen LogP contribution in [-0.2, 0) is 57.0 Å². The van der Waals surface area contributed by atoms with Gasteiger partial charge in [0.25, 0.3) is 46.0 Å². The number of aromatic nitrogens is 12. The molecule has 0 fully saturated rings. The number of nitrogens with zero attached hydrogens (tertiary/aromatic N) is 9. The van der Waals surface area contributed by atoms with Crippen molar-refractivity contribution in [3.63, 3.8) is 0 Å². The molecule has 43 heteroatoms. The van der Waals surface area contributed by atoms with Gasteiger partial charge in [-0.1, -0.05) is 96.4 Å². The summed E-state index contributed by atoms with van der Waals surface area (Å²) in [5.41, 5.74) is 0.833. The van der Waals surface area contributed by atoms with Gasteiger partial charge in [-0.25, -0.2) is 86.7 Å². The van der Waals surface area contributed by atoms with Gasteiger partial charge in [0, 0.05) is 146 Å². The SMILES string of the molecule is CC(C)(C)c1cc(S(=O)(=O)Nc2cc(Cl)cnc2C(=O)c2ccnc3[nH]ccc23)ccc1Cl.CC(C)(O)c1cc(S(=O)(=O)Nc2cc(Cl)cnc2C(=O)c2ccnc3[nH]ccc23)ccc1C#N.CC(F)(F)c1cc(S(=O)(=O)Nc2cc(Cl)cnc2C(=O)c2ccnc3[nH]ccc23)ccc1Cl.Cc1ccc(S(=O)(=O)Nc2cc(Cl)cnc2C(=O)c2ccnc3[nH]ccc23)cc1F. The Labute approximate surface area is 768 Å². The van der Waals surface area contributed by atoms with Crippen molar-refractivity contribution in [1.82, 2.24) is 59.8 Å². The maximum Gasteiger partial charge on any atom is 0.272 e. The van der Waals surface area contributed by atoms with Crippen LogP contribution in [0.1, 0.15) is 134 Å². The quantitative estimate of drug-likeness (QED) is 0.0285. The summed E-state index contributed by atoms with van der Waals surface area (Å²) >= 11 is 36.2. The normalized spacial score (nSPS) is 11.9. The summed E-state index contributed by atoms with van der Waals surface area (Å²) in [6.45, 7) is 10.8. The maximum absolute atomic E-state index is 13.9. The smallest absolute Gasteiger partial charge is 0.272 e. The van der Waals surface area contributed by atoms with E-state index in [1.54, 1.807) is 61.2 Å². The molecule has 16 aromatic rings. The molecule has 0 aliphatic heterocycles. The molecule has 664 valence electrons. The molecule has 130 heavy (non-hydrogen) atoms. The van der Waals surface area contributed by atoms with Crippen LogP contribution < -0.4 is 18.9 Å². The first-order valence-corrected chi connectivity index (χ1v) is 46.0. The van der Waals surface area contributed by atoms with E-state index >= 15 is 0 Å². The summed E-state index contributed by atoms with van der Waals surface area (Å²) in [7, 11) is -16.9. The number of fused-ring (bicyclic) bond motifs is 4. The third kappa shape index (κ3) is 20.9. The number of nitriles is 1. The van der Waals surface area contributed by atoms with E-state index in [4.69, 9.17) is 69.6 Å². The van der Waals surface area contributed by atoms with Gasteiger partial charge in [-0.3, -0.25) is 38.1 Å². The summed E-state index contributed by atoms with van der Waals surface area (Å²) in [4.78, 5) is 96.6. The number of alkyl halides is 2. The van der Waals surface area contributed by atoms with Crippen molar-refractivity contribution in [1.29, 1.82) is 5.26 Å². The summed E-state index contributed by atoms with van der Waals surface area (Å²) in [5.74, 6) is -6.14. The second-order valence-electron chi connectivity index (χ2n) is 30.0. The highest BCUT2D eigenvalue weighted by molar-refractivity contribution is 7.93. The molecular weight excluding hydrogens is 1890 g/mol. The largest absolute Gasteiger partial charge is 0.386 e. The zero-order valence-corrected chi connectivity index (χ0v) is 76.0. The van der Waals surface area contributed by atoms with Gasteiger partial charge in [-0.2, -0.15) is 5.26 Å². The van der Waals surface area contributed by atoms with Gasteiger partial charge in [0.2, 0.25) is 23.1 Å². The van der Waals surface area contributed by atoms with Gasteiger partial charge in [0.1, 0.15) is 51.2 Å². The van der Waals surface area contributed by atoms with Crippen molar-refractivity contribution in [3.8, 4) is 6.07 Å². The molecule has 0 radical (unpaired) electrons. The molecule has 9 N–H and O–H groups in total. The number of rotatable bonds is 22. The standard InChI is InChI=1S/C23H20Cl2N4O3S.C23H18ClN5O4S.C21H14Cl2F2N4O3S.C20H14ClFN4O3S/c1-23(2,3)17-11-14(4-5-18(17)25)33(31,32)29-19-10-13(24)12-28-20(19)21(30)15-6-8-26-22-16(15)7-9-27-22;1-23(2,31)18-10-15(4-3-13(18)11-25)34(32,33)29-19-9-14(24)12-28-20(19)21(30)16-5-7-26-22-17(16)6-8-27-22;1-21(24,25)15-9-12(2-3-16(15)23)33(31,32)29-17-8-11(22)10-28-18(17)19(30)13-4-6-26-20-14(13)5-7-27-20;1-11-2-3-13(9-16(11)22)30(28,29)26-17-8-12(21)10-25-18(17)19(27)14-4-6-23-20-15(14)5-7-24-20/h4-12,29H,1-3H3,(H,26,27);3-10,12,29,31H,1-2H3,(H,26,27);2-10,29H,1H3,(H,26,27);2-10,26H,1H3,(H,23,24). The molecule has 0 saturated heterocycles. The van der Waals surface area contributed by atoms with Crippen molar-refractivity contribution < 1.29 is 71.1 Å². The Bertz CT molecular complexity index is 7570. The number of carbonyl (C=O) groups excluding carboxylic acids is 4. The molecule has 0 aliphatic carbocycles. The molecule has 0 bridgehead atoms. The first-order chi connectivity index (χ1) is 61.2. The Hall–Kier alpha value is -13.1. The van der Waals surface area contributed by atoms with Gasteiger partial charge < -0.3 is 25.0 Å². The number of hydrogen-bond acceptors (Lipinski definition) is 22. The minimum atomic E-state index is -4.41. The van der Waals surface area contributed by atoms with E-state index in [0.717, 1.165) is 24.3 Å². The topological polar surface area (TPSA) is 463 Å². The lowest BCUT2D eigenvalue weighted by Crippen LogP contribution is -2.20. The first-order valence-electron chi connectivity index (χ1n) is 37.8. The molecule has 0 saturated carbocycles. The fourth-order valence-electron chi connectivity index (χ4n) is 13.0. The summed E-state index contributed by atoms with van der Waals surface area (Å²) in [5, 5.41) is 22.6. The highest BCUT2D eigenvalue weighted by Gasteiger charge is 2.34. The van der Waals surface area contributed by atoms with Crippen LogP contribution in [0.4, 0.5) is 35.9 Å². The number of anilines is 4. The third-order valence-electron chi connectivity index (χ3n) is 19.4. The van der Waals surface area contributed by atoms with Crippen LogP contribution in [0.2, 0.25) is 30.1 Å². The van der Waals surface area contributed by atoms with E-state index in [9.17, 15) is 76.4 Å². The van der Waals surface area contributed by atoms with E-state index in [1.807, 2.05) is 26.8 Å². The summed E-state index contributed by atoms with van der Waals surface area (Å²) < 4.78 is 155. The van der Waals surface area contributed by atoms with Crippen LogP contribution >= 0.6 is 69.6 Å². The van der Waals surface area contributed by atoms with Crippen molar-refractivity contribution in [2.24, 2.45) is 0 Å². The number of sulfonamides is 4. The number of hydrogen-bond donors (Lipinski definition) is 9. The molecule has 0 atom stereocenters. The fraction of sp³-hybridized carbons (Fsp3) is 0.115. The van der Waals surface area contributed by atoms with Crippen LogP contribution in [0.25, 0.3) is 44.1 Å². The predicted octanol–water partition coefficient (Wildman–Crippen LogP) is 18.8. The number of benzene rings is 4. The number of aliphatic hydroxyl groups is 1.